The molecule has 1 heterocycles. The molecule has 0 fully saturated rings. The van der Waals surface area contributed by atoms with E-state index in [2.05, 4.69) is 6.07 Å². The molecular formula is C15H9KO5-2. The van der Waals surface area contributed by atoms with Crippen molar-refractivity contribution < 1.29 is 71.5 Å². The van der Waals surface area contributed by atoms with Crippen LogP contribution >= 0.6 is 0 Å². The normalized spacial score (nSPS) is 9.71. The largest absolute Gasteiger partial charge is 1.00 e. The molecule has 0 aliphatic rings. The Kier molecular flexibility index (Phi) is 6.15. The van der Waals surface area contributed by atoms with Gasteiger partial charge in [0.1, 0.15) is 17.1 Å². The predicted molar refractivity (Wildman–Crippen MR) is 69.8 cm³/mol. The molecule has 2 aromatic carbocycles. The maximum absolute atomic E-state index is 12.0. The summed E-state index contributed by atoms with van der Waals surface area (Å²) in [5.74, 6) is -0.424. The van der Waals surface area contributed by atoms with Crippen LogP contribution in [0.3, 0.4) is 0 Å². The molecule has 0 spiro atoms. The van der Waals surface area contributed by atoms with Gasteiger partial charge >= 0.3 is 51.4 Å². The minimum absolute atomic E-state index is 0. The first kappa shape index (κ1) is 17.9. The molecule has 0 bridgehead atoms. The van der Waals surface area contributed by atoms with Crippen LogP contribution in [0.1, 0.15) is 0 Å². The number of aromatic hydroxyl groups is 1. The molecular weight excluding hydrogens is 299 g/mol. The smallest absolute Gasteiger partial charge is 0.872 e. The summed E-state index contributed by atoms with van der Waals surface area (Å²) < 4.78 is 5.52. The zero-order chi connectivity index (χ0) is 13.4. The number of phenolic OH excluding ortho intramolecular Hbond substituents is 1. The van der Waals surface area contributed by atoms with E-state index in [1.54, 1.807) is 24.3 Å². The summed E-state index contributed by atoms with van der Waals surface area (Å²) >= 11 is 0. The number of benzene rings is 2. The Morgan fingerprint density at radius 2 is 1.81 bits per heavy atom. The van der Waals surface area contributed by atoms with Crippen molar-refractivity contribution in [2.24, 2.45) is 0 Å². The zero-order valence-corrected chi connectivity index (χ0v) is 14.3. The second-order valence-electron chi connectivity index (χ2n) is 4.08. The van der Waals surface area contributed by atoms with Crippen LogP contribution in [0, 0.1) is 6.07 Å². The first-order valence-corrected chi connectivity index (χ1v) is 5.59. The van der Waals surface area contributed by atoms with Crippen molar-refractivity contribution in [1.82, 2.24) is 0 Å². The Morgan fingerprint density at radius 3 is 2.48 bits per heavy atom. The van der Waals surface area contributed by atoms with Crippen LogP contribution < -0.4 is 61.9 Å². The van der Waals surface area contributed by atoms with Crippen molar-refractivity contribution in [2.75, 3.05) is 0 Å². The van der Waals surface area contributed by atoms with E-state index in [-0.39, 0.29) is 73.6 Å². The monoisotopic (exact) mass is 308 g/mol. The van der Waals surface area contributed by atoms with Crippen molar-refractivity contribution in [1.29, 1.82) is 0 Å². The van der Waals surface area contributed by atoms with Gasteiger partial charge in [0.2, 0.25) is 0 Å². The maximum Gasteiger partial charge on any atom is 1.00 e. The number of hydrogen-bond donors (Lipinski definition) is 1. The van der Waals surface area contributed by atoms with Gasteiger partial charge in [0, 0.05) is 12.1 Å². The summed E-state index contributed by atoms with van der Waals surface area (Å²) in [5.41, 5.74) is 0.364. The van der Waals surface area contributed by atoms with Crippen LogP contribution in [0.5, 0.6) is 11.5 Å². The molecule has 0 aliphatic heterocycles. The number of hydrogen-bond acceptors (Lipinski definition) is 5. The average Bonchev–Trinajstić information content (AvgIpc) is 2.38. The van der Waals surface area contributed by atoms with Crippen LogP contribution in [-0.2, 0) is 0 Å². The Hall–Kier alpha value is -1.15. The Morgan fingerprint density at radius 1 is 1.14 bits per heavy atom. The Bertz CT molecular complexity index is 811. The van der Waals surface area contributed by atoms with Gasteiger partial charge < -0.3 is 20.1 Å². The fourth-order valence-electron chi connectivity index (χ4n) is 1.93. The van der Waals surface area contributed by atoms with Gasteiger partial charge in [-0.25, -0.2) is 0 Å². The molecule has 0 aliphatic carbocycles. The fourth-order valence-corrected chi connectivity index (χ4v) is 1.93. The molecule has 1 aromatic heterocycles. The molecule has 0 radical (unpaired) electrons. The molecule has 5 nitrogen and oxygen atoms in total. The molecule has 0 saturated heterocycles. The quantitative estimate of drug-likeness (QED) is 0.452. The average molecular weight is 308 g/mol. The van der Waals surface area contributed by atoms with Gasteiger partial charge in [-0.1, -0.05) is 11.3 Å². The second kappa shape index (κ2) is 7.21. The van der Waals surface area contributed by atoms with E-state index in [4.69, 9.17) is 4.42 Å². The van der Waals surface area contributed by atoms with E-state index in [0.29, 0.717) is 11.3 Å². The van der Waals surface area contributed by atoms with Gasteiger partial charge in [-0.2, -0.15) is 30.3 Å². The predicted octanol–water partition coefficient (Wildman–Crippen LogP) is -1.13. The summed E-state index contributed by atoms with van der Waals surface area (Å²) in [7, 11) is 0. The van der Waals surface area contributed by atoms with Crippen molar-refractivity contribution in [2.45, 2.75) is 0 Å². The maximum atomic E-state index is 12.0. The van der Waals surface area contributed by atoms with Gasteiger partial charge in [0.15, 0.2) is 5.43 Å². The molecule has 21 heavy (non-hydrogen) atoms. The van der Waals surface area contributed by atoms with E-state index in [9.17, 15) is 15.0 Å². The summed E-state index contributed by atoms with van der Waals surface area (Å²) in [6.07, 6.45) is 0. The third kappa shape index (κ3) is 3.54. The first-order chi connectivity index (χ1) is 9.15. The zero-order valence-electron chi connectivity index (χ0n) is 11.2. The molecule has 0 amide bonds. The number of fused-ring (bicyclic) bond motifs is 1. The van der Waals surface area contributed by atoms with E-state index in [1.807, 2.05) is 0 Å². The van der Waals surface area contributed by atoms with Crippen LogP contribution in [0.4, 0.5) is 0 Å². The van der Waals surface area contributed by atoms with Gasteiger partial charge in [-0.05, 0) is 6.07 Å². The molecule has 0 unspecified atom stereocenters. The summed E-state index contributed by atoms with van der Waals surface area (Å²) in [6, 6.07) is 13.3. The van der Waals surface area contributed by atoms with Crippen LogP contribution in [0.2, 0.25) is 0 Å². The molecule has 0 saturated carbocycles. The molecule has 3 rings (SSSR count). The van der Waals surface area contributed by atoms with Gasteiger partial charge in [-0.3, -0.25) is 4.79 Å². The van der Waals surface area contributed by atoms with Crippen molar-refractivity contribution in [3.63, 3.8) is 0 Å². The standard InChI is InChI=1S/C15H9O4.K.H2O/c16-10-6-11(17)15-12(18)8-13(19-14(15)7-10)9-4-2-1-3-5-9;;/h2-8,16-17H;;1H2/q-1;+1;/p-2. The second-order valence-corrected chi connectivity index (χ2v) is 4.08. The van der Waals surface area contributed by atoms with Crippen molar-refractivity contribution >= 4 is 11.0 Å². The summed E-state index contributed by atoms with van der Waals surface area (Å²) in [4.78, 5) is 12.0. The van der Waals surface area contributed by atoms with E-state index in [1.165, 1.54) is 12.1 Å². The van der Waals surface area contributed by atoms with Gasteiger partial charge in [0.05, 0.1) is 5.39 Å². The fraction of sp³-hybridized carbons (Fsp3) is 0. The van der Waals surface area contributed by atoms with Crippen molar-refractivity contribution in [3.8, 4) is 22.8 Å². The Balaban J connectivity index is 0.00000110. The van der Waals surface area contributed by atoms with Crippen molar-refractivity contribution in [3.05, 3.63) is 58.8 Å². The minimum Gasteiger partial charge on any atom is -0.872 e. The summed E-state index contributed by atoms with van der Waals surface area (Å²) in [5, 5.41) is 21.0. The Labute approximate surface area is 162 Å². The molecule has 102 valence electrons. The molecule has 0 atom stereocenters. The third-order valence-corrected chi connectivity index (χ3v) is 2.78. The SMILES string of the molecule is O=c1cc(-c2cc[c-]cc2)oc2cc(O)cc([O-])c12.[K+].[OH-]. The molecule has 6 heteroatoms. The summed E-state index contributed by atoms with van der Waals surface area (Å²) in [6.45, 7) is 0. The third-order valence-electron chi connectivity index (χ3n) is 2.78. The number of phenols is 1. The van der Waals surface area contributed by atoms with Gasteiger partial charge in [-0.15, -0.1) is 0 Å². The topological polar surface area (TPSA) is 104 Å². The first-order valence-electron chi connectivity index (χ1n) is 5.59. The van der Waals surface area contributed by atoms with E-state index < -0.39 is 11.2 Å². The van der Waals surface area contributed by atoms with Crippen LogP contribution in [0.25, 0.3) is 22.3 Å². The molecule has 3 aromatic rings. The van der Waals surface area contributed by atoms with Crippen LogP contribution in [0.15, 0.2) is 51.7 Å². The molecule has 2 N–H and O–H groups in total. The van der Waals surface area contributed by atoms with Gasteiger partial charge in [0.25, 0.3) is 0 Å². The van der Waals surface area contributed by atoms with E-state index >= 15 is 0 Å². The van der Waals surface area contributed by atoms with E-state index in [0.717, 1.165) is 6.07 Å². The number of rotatable bonds is 1. The minimum atomic E-state index is -0.545. The van der Waals surface area contributed by atoms with Crippen LogP contribution in [-0.4, -0.2) is 10.6 Å².